The van der Waals surface area contributed by atoms with E-state index >= 15 is 0 Å². The second-order valence-electron chi connectivity index (χ2n) is 7.83. The molecule has 1 N–H and O–H groups in total. The van der Waals surface area contributed by atoms with E-state index in [2.05, 4.69) is 40.2 Å². The quantitative estimate of drug-likeness (QED) is 0.923. The van der Waals surface area contributed by atoms with Crippen molar-refractivity contribution < 1.29 is 0 Å². The van der Waals surface area contributed by atoms with Gasteiger partial charge in [-0.15, -0.1) is 0 Å². The van der Waals surface area contributed by atoms with E-state index in [1.165, 1.54) is 82.5 Å². The lowest BCUT2D eigenvalue weighted by Gasteiger charge is -2.42. The number of benzene rings is 1. The number of nitrogens with zero attached hydrogens (tertiary/aromatic N) is 2. The molecule has 1 aromatic rings. The summed E-state index contributed by atoms with van der Waals surface area (Å²) in [5, 5.41) is 3.55. The second-order valence-corrected chi connectivity index (χ2v) is 7.83. The molecule has 0 radical (unpaired) electrons. The third-order valence-corrected chi connectivity index (χ3v) is 6.32. The topological polar surface area (TPSA) is 18.5 Å². The highest BCUT2D eigenvalue weighted by Gasteiger charge is 2.41. The summed E-state index contributed by atoms with van der Waals surface area (Å²) in [5.41, 5.74) is 4.95. The van der Waals surface area contributed by atoms with Crippen molar-refractivity contribution in [2.75, 3.05) is 37.6 Å². The molecule has 126 valence electrons. The molecule has 3 aliphatic rings. The Bertz CT molecular complexity index is 542. The number of hydrogen-bond donors (Lipinski definition) is 1. The molecule has 1 aromatic carbocycles. The smallest absolute Gasteiger partial charge is 0.0414 e. The van der Waals surface area contributed by atoms with E-state index in [1.807, 2.05) is 0 Å². The Morgan fingerprint density at radius 1 is 1.00 bits per heavy atom. The van der Waals surface area contributed by atoms with Gasteiger partial charge in [-0.1, -0.05) is 12.1 Å². The van der Waals surface area contributed by atoms with Crippen LogP contribution in [0.2, 0.25) is 0 Å². The molecule has 0 aromatic heterocycles. The minimum absolute atomic E-state index is 0.485. The zero-order valence-electron chi connectivity index (χ0n) is 14.6. The van der Waals surface area contributed by atoms with Crippen molar-refractivity contribution in [2.24, 2.45) is 0 Å². The molecule has 3 nitrogen and oxygen atoms in total. The van der Waals surface area contributed by atoms with Crippen LogP contribution >= 0.6 is 0 Å². The van der Waals surface area contributed by atoms with Crippen LogP contribution in [0.4, 0.5) is 5.69 Å². The van der Waals surface area contributed by atoms with Crippen LogP contribution in [0.5, 0.6) is 0 Å². The molecule has 1 spiro atoms. The maximum absolute atomic E-state index is 3.55. The van der Waals surface area contributed by atoms with Gasteiger partial charge in [0.2, 0.25) is 0 Å². The van der Waals surface area contributed by atoms with Crippen LogP contribution in [0.3, 0.4) is 0 Å². The van der Waals surface area contributed by atoms with Crippen molar-refractivity contribution in [2.45, 2.75) is 57.5 Å². The summed E-state index contributed by atoms with van der Waals surface area (Å²) < 4.78 is 0. The molecule has 0 atom stereocenters. The molecule has 3 fully saturated rings. The van der Waals surface area contributed by atoms with Crippen LogP contribution in [-0.2, 0) is 6.54 Å². The number of piperidine rings is 1. The summed E-state index contributed by atoms with van der Waals surface area (Å²) in [6.45, 7) is 9.54. The molecular weight excluding hydrogens is 282 g/mol. The summed E-state index contributed by atoms with van der Waals surface area (Å²) in [7, 11) is 0. The average Bonchev–Trinajstić information content (AvgIpc) is 3.21. The molecule has 0 amide bonds. The predicted molar refractivity (Wildman–Crippen MR) is 97.1 cm³/mol. The van der Waals surface area contributed by atoms with Crippen LogP contribution in [-0.4, -0.2) is 43.2 Å². The molecule has 4 rings (SSSR count). The molecular formula is C20H31N3. The number of likely N-dealkylation sites (tertiary alicyclic amines) is 1. The van der Waals surface area contributed by atoms with Crippen molar-refractivity contribution in [1.29, 1.82) is 0 Å². The predicted octanol–water partition coefficient (Wildman–Crippen LogP) is 3.31. The summed E-state index contributed by atoms with van der Waals surface area (Å²) >= 11 is 0. The van der Waals surface area contributed by atoms with Gasteiger partial charge in [0.25, 0.3) is 0 Å². The van der Waals surface area contributed by atoms with E-state index in [-0.39, 0.29) is 0 Å². The second kappa shape index (κ2) is 6.45. The lowest BCUT2D eigenvalue weighted by atomic mass is 9.85. The molecule has 3 aliphatic heterocycles. The Morgan fingerprint density at radius 2 is 1.78 bits per heavy atom. The Kier molecular flexibility index (Phi) is 4.33. The van der Waals surface area contributed by atoms with E-state index in [0.717, 1.165) is 6.54 Å². The molecule has 0 unspecified atom stereocenters. The maximum atomic E-state index is 3.55. The van der Waals surface area contributed by atoms with Gasteiger partial charge in [0.05, 0.1) is 0 Å². The van der Waals surface area contributed by atoms with Crippen LogP contribution < -0.4 is 10.2 Å². The lowest BCUT2D eigenvalue weighted by Crippen LogP contribution is -2.50. The molecule has 3 saturated heterocycles. The number of rotatable bonds is 3. The van der Waals surface area contributed by atoms with Gasteiger partial charge in [0.15, 0.2) is 0 Å². The zero-order chi connectivity index (χ0) is 15.7. The first-order valence-electron chi connectivity index (χ1n) is 9.57. The number of hydrogen-bond acceptors (Lipinski definition) is 3. The lowest BCUT2D eigenvalue weighted by molar-refractivity contribution is 0.0929. The highest BCUT2D eigenvalue weighted by molar-refractivity contribution is 5.56. The van der Waals surface area contributed by atoms with Crippen molar-refractivity contribution in [1.82, 2.24) is 10.2 Å². The fraction of sp³-hybridized carbons (Fsp3) is 0.700. The molecule has 3 heterocycles. The van der Waals surface area contributed by atoms with Crippen molar-refractivity contribution in [3.63, 3.8) is 0 Å². The first kappa shape index (κ1) is 15.5. The van der Waals surface area contributed by atoms with Gasteiger partial charge in [-0.05, 0) is 82.3 Å². The van der Waals surface area contributed by atoms with Crippen LogP contribution in [0.15, 0.2) is 18.2 Å². The largest absolute Gasteiger partial charge is 0.371 e. The first-order chi connectivity index (χ1) is 11.3. The van der Waals surface area contributed by atoms with E-state index in [1.54, 1.807) is 5.56 Å². The Hall–Kier alpha value is -1.06. The van der Waals surface area contributed by atoms with Crippen molar-refractivity contribution in [3.05, 3.63) is 29.3 Å². The normalized spacial score (nSPS) is 24.7. The molecule has 3 heteroatoms. The van der Waals surface area contributed by atoms with E-state index in [9.17, 15) is 0 Å². The average molecular weight is 313 g/mol. The standard InChI is InChI=1S/C20H31N3/c1-17-5-6-18(19(15-17)22-12-2-3-13-22)16-23-14-4-7-20(23)8-10-21-11-9-20/h5-6,15,21H,2-4,7-14,16H2,1H3. The summed E-state index contributed by atoms with van der Waals surface area (Å²) in [5.74, 6) is 0. The van der Waals surface area contributed by atoms with E-state index in [4.69, 9.17) is 0 Å². The van der Waals surface area contributed by atoms with Crippen molar-refractivity contribution >= 4 is 5.69 Å². The zero-order valence-corrected chi connectivity index (χ0v) is 14.6. The fourth-order valence-corrected chi connectivity index (χ4v) is 4.97. The molecule has 23 heavy (non-hydrogen) atoms. The van der Waals surface area contributed by atoms with E-state index in [0.29, 0.717) is 5.54 Å². The SMILES string of the molecule is Cc1ccc(CN2CCCC23CCNCC3)c(N2CCCC2)c1. The summed E-state index contributed by atoms with van der Waals surface area (Å²) in [4.78, 5) is 5.44. The maximum Gasteiger partial charge on any atom is 0.0414 e. The van der Waals surface area contributed by atoms with Gasteiger partial charge in [-0.25, -0.2) is 0 Å². The van der Waals surface area contributed by atoms with Gasteiger partial charge in [0, 0.05) is 30.9 Å². The molecule has 0 saturated carbocycles. The third kappa shape index (κ3) is 3.01. The first-order valence-corrected chi connectivity index (χ1v) is 9.57. The molecule has 0 bridgehead atoms. The summed E-state index contributed by atoms with van der Waals surface area (Å²) in [6.07, 6.45) is 8.15. The third-order valence-electron chi connectivity index (χ3n) is 6.32. The van der Waals surface area contributed by atoms with Crippen LogP contribution in [0, 0.1) is 6.92 Å². The minimum Gasteiger partial charge on any atom is -0.371 e. The van der Waals surface area contributed by atoms with Crippen LogP contribution in [0.25, 0.3) is 0 Å². The Labute approximate surface area is 141 Å². The number of aryl methyl sites for hydroxylation is 1. The minimum atomic E-state index is 0.485. The number of nitrogens with one attached hydrogen (secondary N) is 1. The Balaban J connectivity index is 1.58. The summed E-state index contributed by atoms with van der Waals surface area (Å²) in [6, 6.07) is 7.13. The van der Waals surface area contributed by atoms with Gasteiger partial charge in [0.1, 0.15) is 0 Å². The fourth-order valence-electron chi connectivity index (χ4n) is 4.97. The van der Waals surface area contributed by atoms with Gasteiger partial charge < -0.3 is 10.2 Å². The van der Waals surface area contributed by atoms with E-state index < -0.39 is 0 Å². The Morgan fingerprint density at radius 3 is 2.57 bits per heavy atom. The van der Waals surface area contributed by atoms with Crippen molar-refractivity contribution in [3.8, 4) is 0 Å². The molecule has 0 aliphatic carbocycles. The van der Waals surface area contributed by atoms with Gasteiger partial charge in [-0.2, -0.15) is 0 Å². The number of anilines is 1. The van der Waals surface area contributed by atoms with Gasteiger partial charge in [-0.3, -0.25) is 4.90 Å². The highest BCUT2D eigenvalue weighted by atomic mass is 15.2. The monoisotopic (exact) mass is 313 g/mol. The van der Waals surface area contributed by atoms with Gasteiger partial charge >= 0.3 is 0 Å². The van der Waals surface area contributed by atoms with Crippen LogP contribution in [0.1, 0.15) is 49.7 Å². The highest BCUT2D eigenvalue weighted by Crippen LogP contribution is 2.39.